The number of nitrogens with zero attached hydrogens (tertiary/aromatic N) is 1. The van der Waals surface area contributed by atoms with Gasteiger partial charge in [0.2, 0.25) is 5.91 Å². The number of aryl methyl sites for hydroxylation is 1. The summed E-state index contributed by atoms with van der Waals surface area (Å²) < 4.78 is 0. The first-order valence-electron chi connectivity index (χ1n) is 9.70. The molecule has 0 saturated carbocycles. The zero-order chi connectivity index (χ0) is 19.6. The fourth-order valence-electron chi connectivity index (χ4n) is 3.21. The predicted molar refractivity (Wildman–Crippen MR) is 110 cm³/mol. The van der Waals surface area contributed by atoms with Gasteiger partial charge in [0.1, 0.15) is 0 Å². The van der Waals surface area contributed by atoms with E-state index in [1.807, 2.05) is 49.4 Å². The molecule has 1 unspecified atom stereocenters. The van der Waals surface area contributed by atoms with Crippen LogP contribution in [0.15, 0.2) is 54.6 Å². The van der Waals surface area contributed by atoms with Gasteiger partial charge in [-0.3, -0.25) is 14.5 Å². The van der Waals surface area contributed by atoms with Crippen molar-refractivity contribution in [3.05, 3.63) is 71.3 Å². The van der Waals surface area contributed by atoms with E-state index in [-0.39, 0.29) is 30.6 Å². The van der Waals surface area contributed by atoms with E-state index in [4.69, 9.17) is 0 Å². The lowest BCUT2D eigenvalue weighted by Crippen LogP contribution is -2.38. The first-order valence-corrected chi connectivity index (χ1v) is 9.70. The standard InChI is InChI=1S/C23H30N2O2/c1-4-25(5-2)21(19-9-7-6-8-10-19)17-24-23(27)16-15-22(26)20-13-11-18(3)12-14-20/h6-14,21H,4-5,15-17H2,1-3H3,(H,24,27). The number of hydrogen-bond acceptors (Lipinski definition) is 3. The molecule has 2 rings (SSSR count). The van der Waals surface area contributed by atoms with Crippen LogP contribution in [0.5, 0.6) is 0 Å². The third-order valence-electron chi connectivity index (χ3n) is 4.88. The maximum atomic E-state index is 12.3. The molecule has 0 bridgehead atoms. The van der Waals surface area contributed by atoms with Crippen LogP contribution in [0.2, 0.25) is 0 Å². The Balaban J connectivity index is 1.89. The van der Waals surface area contributed by atoms with Crippen LogP contribution in [0.3, 0.4) is 0 Å². The van der Waals surface area contributed by atoms with Gasteiger partial charge in [0, 0.05) is 24.9 Å². The van der Waals surface area contributed by atoms with Crippen molar-refractivity contribution in [2.24, 2.45) is 0 Å². The van der Waals surface area contributed by atoms with E-state index in [2.05, 4.69) is 36.2 Å². The molecular weight excluding hydrogens is 336 g/mol. The van der Waals surface area contributed by atoms with Gasteiger partial charge in [0.05, 0.1) is 6.04 Å². The fourth-order valence-corrected chi connectivity index (χ4v) is 3.21. The zero-order valence-corrected chi connectivity index (χ0v) is 16.6. The monoisotopic (exact) mass is 366 g/mol. The van der Waals surface area contributed by atoms with Crippen molar-refractivity contribution >= 4 is 11.7 Å². The second-order valence-corrected chi connectivity index (χ2v) is 6.74. The predicted octanol–water partition coefficient (Wildman–Crippen LogP) is 4.16. The molecule has 0 radical (unpaired) electrons. The molecule has 4 nitrogen and oxygen atoms in total. The van der Waals surface area contributed by atoms with Gasteiger partial charge in [-0.25, -0.2) is 0 Å². The summed E-state index contributed by atoms with van der Waals surface area (Å²) in [7, 11) is 0. The SMILES string of the molecule is CCN(CC)C(CNC(=O)CCC(=O)c1ccc(C)cc1)c1ccccc1. The molecule has 1 N–H and O–H groups in total. The normalized spacial score (nSPS) is 12.0. The average Bonchev–Trinajstić information content (AvgIpc) is 2.70. The molecule has 0 aliphatic heterocycles. The Hall–Kier alpha value is -2.46. The number of benzene rings is 2. The Morgan fingerprint density at radius 2 is 1.56 bits per heavy atom. The van der Waals surface area contributed by atoms with Gasteiger partial charge < -0.3 is 5.32 Å². The maximum absolute atomic E-state index is 12.3. The molecule has 1 atom stereocenters. The van der Waals surface area contributed by atoms with Gasteiger partial charge in [-0.15, -0.1) is 0 Å². The Kier molecular flexibility index (Phi) is 8.21. The molecule has 2 aromatic carbocycles. The van der Waals surface area contributed by atoms with E-state index in [1.54, 1.807) is 0 Å². The van der Waals surface area contributed by atoms with Gasteiger partial charge in [-0.05, 0) is 25.6 Å². The number of carbonyl (C=O) groups excluding carboxylic acids is 2. The summed E-state index contributed by atoms with van der Waals surface area (Å²) in [6, 6.07) is 17.8. The fraction of sp³-hybridized carbons (Fsp3) is 0.391. The number of amides is 1. The summed E-state index contributed by atoms with van der Waals surface area (Å²) in [6.45, 7) is 8.61. The van der Waals surface area contributed by atoms with Crippen LogP contribution in [0.25, 0.3) is 0 Å². The molecule has 0 saturated heterocycles. The molecule has 4 heteroatoms. The first-order chi connectivity index (χ1) is 13.0. The molecule has 144 valence electrons. The Labute approximate surface area is 162 Å². The Bertz CT molecular complexity index is 722. The van der Waals surface area contributed by atoms with Crippen molar-refractivity contribution in [3.8, 4) is 0 Å². The van der Waals surface area contributed by atoms with Crippen LogP contribution in [0.4, 0.5) is 0 Å². The molecule has 0 spiro atoms. The van der Waals surface area contributed by atoms with E-state index in [0.29, 0.717) is 12.1 Å². The number of rotatable bonds is 10. The topological polar surface area (TPSA) is 49.4 Å². The molecule has 0 heterocycles. The number of nitrogens with one attached hydrogen (secondary N) is 1. The largest absolute Gasteiger partial charge is 0.354 e. The second-order valence-electron chi connectivity index (χ2n) is 6.74. The summed E-state index contributed by atoms with van der Waals surface area (Å²) in [5.74, 6) is -0.0722. The van der Waals surface area contributed by atoms with Crippen molar-refractivity contribution in [1.29, 1.82) is 0 Å². The lowest BCUT2D eigenvalue weighted by Gasteiger charge is -2.30. The quantitative estimate of drug-likeness (QED) is 0.643. The minimum absolute atomic E-state index is 0.00787. The van der Waals surface area contributed by atoms with Crippen LogP contribution >= 0.6 is 0 Å². The highest BCUT2D eigenvalue weighted by atomic mass is 16.2. The minimum atomic E-state index is -0.0800. The number of hydrogen-bond donors (Lipinski definition) is 1. The summed E-state index contributed by atoms with van der Waals surface area (Å²) in [4.78, 5) is 26.8. The highest BCUT2D eigenvalue weighted by molar-refractivity contribution is 5.97. The lowest BCUT2D eigenvalue weighted by molar-refractivity contribution is -0.121. The molecule has 27 heavy (non-hydrogen) atoms. The van der Waals surface area contributed by atoms with Gasteiger partial charge >= 0.3 is 0 Å². The molecule has 2 aromatic rings. The summed E-state index contributed by atoms with van der Waals surface area (Å²) >= 11 is 0. The highest BCUT2D eigenvalue weighted by Gasteiger charge is 2.19. The summed E-state index contributed by atoms with van der Waals surface area (Å²) in [5, 5.41) is 3.01. The minimum Gasteiger partial charge on any atom is -0.354 e. The second kappa shape index (κ2) is 10.6. The number of ketones is 1. The number of carbonyl (C=O) groups is 2. The Morgan fingerprint density at radius 3 is 2.15 bits per heavy atom. The lowest BCUT2D eigenvalue weighted by atomic mass is 10.0. The van der Waals surface area contributed by atoms with E-state index < -0.39 is 0 Å². The summed E-state index contributed by atoms with van der Waals surface area (Å²) in [5.41, 5.74) is 2.98. The van der Waals surface area contributed by atoms with Gasteiger partial charge in [0.25, 0.3) is 0 Å². The molecule has 1 amide bonds. The van der Waals surface area contributed by atoms with Crippen LogP contribution < -0.4 is 5.32 Å². The van der Waals surface area contributed by atoms with Gasteiger partial charge in [0.15, 0.2) is 5.78 Å². The Morgan fingerprint density at radius 1 is 0.926 bits per heavy atom. The van der Waals surface area contributed by atoms with Crippen molar-refractivity contribution in [3.63, 3.8) is 0 Å². The maximum Gasteiger partial charge on any atom is 0.220 e. The van der Waals surface area contributed by atoms with Crippen molar-refractivity contribution in [1.82, 2.24) is 10.2 Å². The van der Waals surface area contributed by atoms with Crippen molar-refractivity contribution in [2.75, 3.05) is 19.6 Å². The molecule has 0 aliphatic rings. The summed E-state index contributed by atoms with van der Waals surface area (Å²) in [6.07, 6.45) is 0.447. The highest BCUT2D eigenvalue weighted by Crippen LogP contribution is 2.19. The number of Topliss-reactive ketones (excluding diaryl/α,β-unsaturated/α-hetero) is 1. The first kappa shape index (κ1) is 20.8. The van der Waals surface area contributed by atoms with E-state index in [0.717, 1.165) is 18.7 Å². The molecule has 0 aliphatic carbocycles. The third kappa shape index (κ3) is 6.33. The smallest absolute Gasteiger partial charge is 0.220 e. The average molecular weight is 367 g/mol. The van der Waals surface area contributed by atoms with Gasteiger partial charge in [-0.1, -0.05) is 74.0 Å². The van der Waals surface area contributed by atoms with E-state index in [1.165, 1.54) is 5.56 Å². The van der Waals surface area contributed by atoms with Crippen LogP contribution in [0.1, 0.15) is 54.2 Å². The zero-order valence-electron chi connectivity index (χ0n) is 16.6. The number of likely N-dealkylation sites (N-methyl/N-ethyl adjacent to an activating group) is 1. The van der Waals surface area contributed by atoms with Crippen molar-refractivity contribution < 1.29 is 9.59 Å². The molecule has 0 fully saturated rings. The van der Waals surface area contributed by atoms with E-state index in [9.17, 15) is 9.59 Å². The molecule has 0 aromatic heterocycles. The van der Waals surface area contributed by atoms with Gasteiger partial charge in [-0.2, -0.15) is 0 Å². The van der Waals surface area contributed by atoms with Crippen LogP contribution in [0, 0.1) is 6.92 Å². The third-order valence-corrected chi connectivity index (χ3v) is 4.88. The van der Waals surface area contributed by atoms with E-state index >= 15 is 0 Å². The van der Waals surface area contributed by atoms with Crippen molar-refractivity contribution in [2.45, 2.75) is 39.7 Å². The molecular formula is C23H30N2O2. The van der Waals surface area contributed by atoms with Crippen LogP contribution in [-0.4, -0.2) is 36.2 Å². The van der Waals surface area contributed by atoms with Crippen LogP contribution in [-0.2, 0) is 4.79 Å².